The van der Waals surface area contributed by atoms with Gasteiger partial charge in [-0.1, -0.05) is 12.1 Å². The fourth-order valence-electron chi connectivity index (χ4n) is 4.79. The number of rotatable bonds is 7. The van der Waals surface area contributed by atoms with E-state index in [9.17, 15) is 17.6 Å². The molecule has 184 valence electrons. The van der Waals surface area contributed by atoms with E-state index in [0.29, 0.717) is 32.6 Å². The number of carbonyl (C=O) groups excluding carboxylic acids is 1. The van der Waals surface area contributed by atoms with Crippen LogP contribution in [-0.4, -0.2) is 58.6 Å². The van der Waals surface area contributed by atoms with Gasteiger partial charge in [-0.2, -0.15) is 4.31 Å². The van der Waals surface area contributed by atoms with Crippen molar-refractivity contribution < 1.29 is 27.1 Å². The van der Waals surface area contributed by atoms with E-state index in [4.69, 9.17) is 9.47 Å². The summed E-state index contributed by atoms with van der Waals surface area (Å²) in [5.74, 6) is 0.0225. The first-order chi connectivity index (χ1) is 16.3. The standard InChI is InChI=1S/C25H31FN2O5S/c1-32-22-6-2-20(3-7-22)25(12-16-33-17-13-25)18-27-24(29)19-10-14-28(15-11-19)34(30,31)23-8-4-21(26)5-9-23/h2-9,19H,10-18H2,1H3,(H,27,29). The molecule has 0 atom stereocenters. The van der Waals surface area contributed by atoms with Crippen LogP contribution in [-0.2, 0) is 25.0 Å². The Morgan fingerprint density at radius 1 is 1.09 bits per heavy atom. The van der Waals surface area contributed by atoms with Gasteiger partial charge in [-0.05, 0) is 67.6 Å². The Bertz CT molecular complexity index is 1080. The zero-order chi connectivity index (χ0) is 24.2. The van der Waals surface area contributed by atoms with Crippen LogP contribution in [0, 0.1) is 11.7 Å². The van der Waals surface area contributed by atoms with Gasteiger partial charge in [-0.15, -0.1) is 0 Å². The Balaban J connectivity index is 1.36. The van der Waals surface area contributed by atoms with Crippen molar-refractivity contribution in [1.29, 1.82) is 0 Å². The second kappa shape index (κ2) is 10.4. The van der Waals surface area contributed by atoms with Crippen LogP contribution in [0.3, 0.4) is 0 Å². The third-order valence-corrected chi connectivity index (χ3v) is 8.94. The molecule has 0 aliphatic carbocycles. The smallest absolute Gasteiger partial charge is 0.243 e. The van der Waals surface area contributed by atoms with E-state index >= 15 is 0 Å². The molecular weight excluding hydrogens is 459 g/mol. The highest BCUT2D eigenvalue weighted by atomic mass is 32.2. The Morgan fingerprint density at radius 2 is 1.71 bits per heavy atom. The zero-order valence-electron chi connectivity index (χ0n) is 19.3. The van der Waals surface area contributed by atoms with E-state index < -0.39 is 15.8 Å². The van der Waals surface area contributed by atoms with Crippen LogP contribution >= 0.6 is 0 Å². The summed E-state index contributed by atoms with van der Waals surface area (Å²) in [6.45, 7) is 2.31. The van der Waals surface area contributed by atoms with Crippen LogP contribution in [0.25, 0.3) is 0 Å². The molecule has 2 fully saturated rings. The third kappa shape index (κ3) is 5.26. The summed E-state index contributed by atoms with van der Waals surface area (Å²) in [4.78, 5) is 13.1. The molecule has 0 spiro atoms. The fourth-order valence-corrected chi connectivity index (χ4v) is 6.26. The largest absolute Gasteiger partial charge is 0.497 e. The van der Waals surface area contributed by atoms with E-state index in [1.165, 1.54) is 16.4 Å². The number of nitrogens with zero attached hydrogens (tertiary/aromatic N) is 1. The van der Waals surface area contributed by atoms with Gasteiger partial charge in [0.05, 0.1) is 12.0 Å². The predicted molar refractivity (Wildman–Crippen MR) is 126 cm³/mol. The number of ether oxygens (including phenoxy) is 2. The van der Waals surface area contributed by atoms with E-state index in [2.05, 4.69) is 17.4 Å². The molecule has 1 N–H and O–H groups in total. The van der Waals surface area contributed by atoms with Gasteiger partial charge in [0.1, 0.15) is 11.6 Å². The first-order valence-electron chi connectivity index (χ1n) is 11.6. The number of hydrogen-bond donors (Lipinski definition) is 1. The Morgan fingerprint density at radius 3 is 2.29 bits per heavy atom. The van der Waals surface area contributed by atoms with E-state index in [-0.39, 0.29) is 35.2 Å². The number of sulfonamides is 1. The molecule has 2 aliphatic heterocycles. The molecule has 0 saturated carbocycles. The normalized spacial score (nSPS) is 19.5. The van der Waals surface area contributed by atoms with Gasteiger partial charge in [0, 0.05) is 44.2 Å². The van der Waals surface area contributed by atoms with Crippen LogP contribution in [0.1, 0.15) is 31.2 Å². The molecule has 7 nitrogen and oxygen atoms in total. The summed E-state index contributed by atoms with van der Waals surface area (Å²) in [6.07, 6.45) is 2.53. The molecule has 34 heavy (non-hydrogen) atoms. The van der Waals surface area contributed by atoms with E-state index in [1.54, 1.807) is 7.11 Å². The molecule has 2 saturated heterocycles. The minimum absolute atomic E-state index is 0.0433. The number of methoxy groups -OCH3 is 1. The molecule has 0 radical (unpaired) electrons. The minimum Gasteiger partial charge on any atom is -0.497 e. The SMILES string of the molecule is COc1ccc(C2(CNC(=O)C3CCN(S(=O)(=O)c4ccc(F)cc4)CC3)CCOCC2)cc1. The van der Waals surface area contributed by atoms with Crippen molar-refractivity contribution in [3.8, 4) is 5.75 Å². The molecule has 2 aromatic rings. The molecular formula is C25H31FN2O5S. The van der Waals surface area contributed by atoms with Gasteiger partial charge in [0.2, 0.25) is 15.9 Å². The average Bonchev–Trinajstić information content (AvgIpc) is 2.88. The van der Waals surface area contributed by atoms with Gasteiger partial charge >= 0.3 is 0 Å². The van der Waals surface area contributed by atoms with Crippen LogP contribution in [0.15, 0.2) is 53.4 Å². The van der Waals surface area contributed by atoms with Gasteiger partial charge in [0.25, 0.3) is 0 Å². The molecule has 2 heterocycles. The Labute approximate surface area is 200 Å². The molecule has 0 unspecified atom stereocenters. The topological polar surface area (TPSA) is 84.9 Å². The monoisotopic (exact) mass is 490 g/mol. The summed E-state index contributed by atoms with van der Waals surface area (Å²) >= 11 is 0. The summed E-state index contributed by atoms with van der Waals surface area (Å²) in [5, 5.41) is 3.15. The van der Waals surface area contributed by atoms with Crippen LogP contribution in [0.4, 0.5) is 4.39 Å². The van der Waals surface area contributed by atoms with Crippen molar-refractivity contribution in [2.45, 2.75) is 36.0 Å². The predicted octanol–water partition coefficient (Wildman–Crippen LogP) is 3.10. The summed E-state index contributed by atoms with van der Waals surface area (Å²) in [6, 6.07) is 12.8. The fraction of sp³-hybridized carbons (Fsp3) is 0.480. The van der Waals surface area contributed by atoms with Crippen molar-refractivity contribution in [2.24, 2.45) is 5.92 Å². The van der Waals surface area contributed by atoms with Crippen molar-refractivity contribution in [3.63, 3.8) is 0 Å². The van der Waals surface area contributed by atoms with Crippen LogP contribution in [0.5, 0.6) is 5.75 Å². The maximum Gasteiger partial charge on any atom is 0.243 e. The number of benzene rings is 2. The molecule has 0 aromatic heterocycles. The second-order valence-corrected chi connectivity index (χ2v) is 10.9. The second-order valence-electron chi connectivity index (χ2n) is 8.97. The Hall–Kier alpha value is -2.49. The Kier molecular flexibility index (Phi) is 7.54. The molecule has 9 heteroatoms. The van der Waals surface area contributed by atoms with Gasteiger partial charge in [0.15, 0.2) is 0 Å². The van der Waals surface area contributed by atoms with Crippen molar-refractivity contribution >= 4 is 15.9 Å². The lowest BCUT2D eigenvalue weighted by atomic mass is 9.74. The van der Waals surface area contributed by atoms with E-state index in [0.717, 1.165) is 36.3 Å². The molecule has 2 aliphatic rings. The highest BCUT2D eigenvalue weighted by Gasteiger charge is 2.37. The van der Waals surface area contributed by atoms with E-state index in [1.807, 2.05) is 12.1 Å². The highest BCUT2D eigenvalue weighted by molar-refractivity contribution is 7.89. The lowest BCUT2D eigenvalue weighted by Gasteiger charge is -2.38. The molecule has 4 rings (SSSR count). The lowest BCUT2D eigenvalue weighted by Crippen LogP contribution is -2.48. The number of halogens is 1. The van der Waals surface area contributed by atoms with Crippen molar-refractivity contribution in [1.82, 2.24) is 9.62 Å². The first kappa shape index (κ1) is 24.6. The maximum absolute atomic E-state index is 13.2. The number of nitrogens with one attached hydrogen (secondary N) is 1. The average molecular weight is 491 g/mol. The van der Waals surface area contributed by atoms with Gasteiger partial charge in [-0.25, -0.2) is 12.8 Å². The van der Waals surface area contributed by atoms with Crippen LogP contribution < -0.4 is 10.1 Å². The number of amides is 1. The zero-order valence-corrected chi connectivity index (χ0v) is 20.2. The number of hydrogen-bond acceptors (Lipinski definition) is 5. The van der Waals surface area contributed by atoms with Gasteiger partial charge < -0.3 is 14.8 Å². The third-order valence-electron chi connectivity index (χ3n) is 7.03. The molecule has 1 amide bonds. The maximum atomic E-state index is 13.2. The van der Waals surface area contributed by atoms with Crippen molar-refractivity contribution in [3.05, 3.63) is 59.9 Å². The van der Waals surface area contributed by atoms with Crippen molar-refractivity contribution in [2.75, 3.05) is 40.0 Å². The summed E-state index contributed by atoms with van der Waals surface area (Å²) in [7, 11) is -2.06. The molecule has 0 bridgehead atoms. The summed E-state index contributed by atoms with van der Waals surface area (Å²) < 4.78 is 51.1. The quantitative estimate of drug-likeness (QED) is 0.645. The van der Waals surface area contributed by atoms with Crippen LogP contribution in [0.2, 0.25) is 0 Å². The number of piperidine rings is 1. The first-order valence-corrected chi connectivity index (χ1v) is 13.0. The number of carbonyl (C=O) groups is 1. The highest BCUT2D eigenvalue weighted by Crippen LogP contribution is 2.35. The minimum atomic E-state index is -3.70. The summed E-state index contributed by atoms with van der Waals surface area (Å²) in [5.41, 5.74) is 0.949. The molecule has 2 aromatic carbocycles. The lowest BCUT2D eigenvalue weighted by molar-refractivity contribution is -0.126. The van der Waals surface area contributed by atoms with Gasteiger partial charge in [-0.3, -0.25) is 4.79 Å².